The number of pyridine rings is 2. The fourth-order valence-electron chi connectivity index (χ4n) is 4.12. The summed E-state index contributed by atoms with van der Waals surface area (Å²) < 4.78 is 2.40. The summed E-state index contributed by atoms with van der Waals surface area (Å²) in [4.78, 5) is 14.2. The van der Waals surface area contributed by atoms with Crippen LogP contribution in [0.4, 0.5) is 11.5 Å². The van der Waals surface area contributed by atoms with Crippen molar-refractivity contribution in [3.8, 4) is 11.3 Å². The zero-order valence-corrected chi connectivity index (χ0v) is 22.6. The largest absolute Gasteiger partial charge is 0.369 e. The summed E-state index contributed by atoms with van der Waals surface area (Å²) in [6.07, 6.45) is 5.32. The minimum Gasteiger partial charge on any atom is -0.369 e. The summed E-state index contributed by atoms with van der Waals surface area (Å²) in [7, 11) is 0. The Morgan fingerprint density at radius 1 is 0.970 bits per heavy atom. The molecule has 0 bridgehead atoms. The molecule has 0 atom stereocenters. The number of nitrogens with zero attached hydrogens (tertiary/aromatic N) is 4. The third kappa shape index (κ3) is 6.01. The van der Waals surface area contributed by atoms with Gasteiger partial charge in [-0.25, -0.2) is 9.97 Å². The molecule has 182 valence electrons. The van der Waals surface area contributed by atoms with Gasteiger partial charge < -0.3 is 9.88 Å². The van der Waals surface area contributed by atoms with Gasteiger partial charge in [-0.05, 0) is 70.0 Å². The van der Waals surface area contributed by atoms with Crippen molar-refractivity contribution in [2.45, 2.75) is 94.5 Å². The lowest BCUT2D eigenvalue weighted by molar-refractivity contribution is 0.485. The first-order valence-corrected chi connectivity index (χ1v) is 12.7. The zero-order chi connectivity index (χ0) is 25.1. The van der Waals surface area contributed by atoms with E-state index in [-0.39, 0.29) is 0 Å². The molecule has 0 saturated carbocycles. The van der Waals surface area contributed by atoms with Crippen molar-refractivity contribution in [3.05, 3.63) is 35.2 Å². The summed E-state index contributed by atoms with van der Waals surface area (Å²) in [6, 6.07) is 4.86. The molecule has 0 aliphatic heterocycles. The van der Waals surface area contributed by atoms with Gasteiger partial charge in [-0.3, -0.25) is 4.99 Å². The number of anilines is 1. The van der Waals surface area contributed by atoms with Gasteiger partial charge in [-0.15, -0.1) is 0 Å². The molecule has 5 nitrogen and oxygen atoms in total. The molecular weight excluding hydrogens is 406 g/mol. The second-order valence-corrected chi connectivity index (χ2v) is 7.60. The number of hydrogen-bond donors (Lipinski definition) is 1. The van der Waals surface area contributed by atoms with Gasteiger partial charge in [0.15, 0.2) is 5.82 Å². The first-order valence-electron chi connectivity index (χ1n) is 12.7. The molecule has 33 heavy (non-hydrogen) atoms. The summed E-state index contributed by atoms with van der Waals surface area (Å²) in [5.41, 5.74) is 8.49. The van der Waals surface area contributed by atoms with E-state index >= 15 is 0 Å². The fraction of sp³-hybridized carbons (Fsp3) is 0.536. The maximum atomic E-state index is 5.13. The van der Waals surface area contributed by atoms with Gasteiger partial charge in [0.2, 0.25) is 0 Å². The predicted molar refractivity (Wildman–Crippen MR) is 148 cm³/mol. The van der Waals surface area contributed by atoms with Crippen LogP contribution in [0, 0.1) is 13.8 Å². The monoisotopic (exact) mass is 451 g/mol. The van der Waals surface area contributed by atoms with Gasteiger partial charge >= 0.3 is 0 Å². The lowest BCUT2D eigenvalue weighted by Gasteiger charge is -2.17. The number of fused-ring (bicyclic) bond motifs is 1. The van der Waals surface area contributed by atoms with E-state index in [0.29, 0.717) is 6.04 Å². The van der Waals surface area contributed by atoms with Crippen LogP contribution in [0.15, 0.2) is 23.3 Å². The Labute approximate surface area is 201 Å². The standard InChI is InChI=1S/C24H33N5.2C2H6/c1-8-17(9-2)29-14-16(6)23-21(29)12-15(5)22(28-23)18-13-20(25-7)24(26-11-4)27-19(18)10-3;2*1-2/h12-14,17H,7-11H2,1-6H3,(H,26,27);2*1-2H3. The van der Waals surface area contributed by atoms with Gasteiger partial charge in [-0.2, -0.15) is 0 Å². The van der Waals surface area contributed by atoms with E-state index in [1.807, 2.05) is 27.7 Å². The molecule has 0 aromatic carbocycles. The van der Waals surface area contributed by atoms with Crippen LogP contribution >= 0.6 is 0 Å². The van der Waals surface area contributed by atoms with Crippen LogP contribution in [0.2, 0.25) is 0 Å². The minimum absolute atomic E-state index is 0.502. The molecule has 0 radical (unpaired) electrons. The lowest BCUT2D eigenvalue weighted by Crippen LogP contribution is -2.06. The van der Waals surface area contributed by atoms with Crippen LogP contribution in [0.3, 0.4) is 0 Å². The van der Waals surface area contributed by atoms with E-state index in [9.17, 15) is 0 Å². The zero-order valence-electron chi connectivity index (χ0n) is 22.6. The van der Waals surface area contributed by atoms with E-state index in [1.165, 1.54) is 11.1 Å². The predicted octanol–water partition coefficient (Wildman–Crippen LogP) is 8.45. The van der Waals surface area contributed by atoms with E-state index in [4.69, 9.17) is 9.97 Å². The first kappa shape index (κ1) is 28.3. The quantitative estimate of drug-likeness (QED) is 0.349. The minimum atomic E-state index is 0.502. The molecule has 0 spiro atoms. The molecule has 1 N–H and O–H groups in total. The van der Waals surface area contributed by atoms with Crippen LogP contribution < -0.4 is 5.32 Å². The number of hydrogen-bond acceptors (Lipinski definition) is 4. The van der Waals surface area contributed by atoms with Gasteiger partial charge in [0.1, 0.15) is 5.69 Å². The van der Waals surface area contributed by atoms with Crippen LogP contribution in [0.25, 0.3) is 22.3 Å². The highest BCUT2D eigenvalue weighted by Gasteiger charge is 2.19. The normalized spacial score (nSPS) is 10.4. The molecule has 0 unspecified atom stereocenters. The van der Waals surface area contributed by atoms with Crippen molar-refractivity contribution >= 4 is 29.3 Å². The van der Waals surface area contributed by atoms with Crippen LogP contribution in [-0.4, -0.2) is 27.8 Å². The number of aromatic nitrogens is 3. The van der Waals surface area contributed by atoms with Gasteiger partial charge in [-0.1, -0.05) is 48.5 Å². The average molecular weight is 452 g/mol. The summed E-state index contributed by atoms with van der Waals surface area (Å²) in [5.74, 6) is 0.790. The maximum Gasteiger partial charge on any atom is 0.152 e. The van der Waals surface area contributed by atoms with E-state index in [2.05, 4.69) is 81.5 Å². The van der Waals surface area contributed by atoms with Gasteiger partial charge in [0.05, 0.1) is 22.4 Å². The first-order chi connectivity index (χ1) is 16.0. The van der Waals surface area contributed by atoms with Crippen molar-refractivity contribution < 1.29 is 0 Å². The topological polar surface area (TPSA) is 55.1 Å². The molecule has 0 aliphatic rings. The molecule has 3 aromatic heterocycles. The third-order valence-corrected chi connectivity index (χ3v) is 5.70. The summed E-state index contributed by atoms with van der Waals surface area (Å²) >= 11 is 0. The summed E-state index contributed by atoms with van der Waals surface area (Å²) in [6.45, 7) is 25.5. The maximum absolute atomic E-state index is 5.13. The number of nitrogens with one attached hydrogen (secondary N) is 1. The van der Waals surface area contributed by atoms with Crippen LogP contribution in [0.5, 0.6) is 0 Å². The van der Waals surface area contributed by atoms with Gasteiger partial charge in [0, 0.05) is 24.3 Å². The molecule has 3 rings (SSSR count). The van der Waals surface area contributed by atoms with Crippen molar-refractivity contribution in [2.75, 3.05) is 11.9 Å². The van der Waals surface area contributed by atoms with Crippen LogP contribution in [0.1, 0.15) is 91.1 Å². The van der Waals surface area contributed by atoms with Crippen LogP contribution in [-0.2, 0) is 6.42 Å². The molecule has 0 saturated heterocycles. The third-order valence-electron chi connectivity index (χ3n) is 5.70. The van der Waals surface area contributed by atoms with E-state index in [0.717, 1.165) is 65.3 Å². The fourth-order valence-corrected chi connectivity index (χ4v) is 4.12. The Morgan fingerprint density at radius 2 is 1.61 bits per heavy atom. The second kappa shape index (κ2) is 13.8. The van der Waals surface area contributed by atoms with Crippen molar-refractivity contribution in [1.82, 2.24) is 14.5 Å². The average Bonchev–Trinajstić information content (AvgIpc) is 3.16. The highest BCUT2D eigenvalue weighted by Crippen LogP contribution is 2.35. The molecule has 5 heteroatoms. The number of aliphatic imine (C=N–C) groups is 1. The highest BCUT2D eigenvalue weighted by atomic mass is 15.0. The summed E-state index contributed by atoms with van der Waals surface area (Å²) in [5, 5.41) is 3.29. The molecule has 3 heterocycles. The van der Waals surface area contributed by atoms with Crippen molar-refractivity contribution in [1.29, 1.82) is 0 Å². The second-order valence-electron chi connectivity index (χ2n) is 7.60. The molecule has 3 aromatic rings. The van der Waals surface area contributed by atoms with Crippen molar-refractivity contribution in [3.63, 3.8) is 0 Å². The van der Waals surface area contributed by atoms with E-state index < -0.39 is 0 Å². The number of rotatable bonds is 8. The van der Waals surface area contributed by atoms with Gasteiger partial charge in [0.25, 0.3) is 0 Å². The van der Waals surface area contributed by atoms with E-state index in [1.54, 1.807) is 0 Å². The Hall–Kier alpha value is -2.69. The Morgan fingerprint density at radius 3 is 2.12 bits per heavy atom. The molecular formula is C28H45N5. The number of aryl methyl sites for hydroxylation is 3. The molecule has 0 amide bonds. The molecule has 0 aliphatic carbocycles. The van der Waals surface area contributed by atoms with Crippen molar-refractivity contribution in [2.24, 2.45) is 4.99 Å². The Kier molecular flexibility index (Phi) is 11.8. The molecule has 0 fully saturated rings. The Balaban J connectivity index is 0.00000129. The lowest BCUT2D eigenvalue weighted by atomic mass is 10.0. The Bertz CT molecular complexity index is 1030. The highest BCUT2D eigenvalue weighted by molar-refractivity contribution is 5.85. The SMILES string of the molecule is C=Nc1cc(-c2nc3c(C)cn(C(CC)CC)c3cc2C)c(CC)nc1NCC.CC.CC. The smallest absolute Gasteiger partial charge is 0.152 e.